The molecule has 1 aromatic heterocycles. The van der Waals surface area contributed by atoms with Gasteiger partial charge in [0.25, 0.3) is 0 Å². The van der Waals surface area contributed by atoms with E-state index in [1.165, 1.54) is 0 Å². The van der Waals surface area contributed by atoms with Crippen LogP contribution < -0.4 is 5.32 Å². The number of hydrogen-bond donors (Lipinski definition) is 1. The molecule has 0 saturated carbocycles. The topological polar surface area (TPSA) is 65.8 Å². The molecular formula is C22H29N3O3. The molecule has 2 amide bonds. The number of furan rings is 1. The predicted octanol–water partition coefficient (Wildman–Crippen LogP) is 2.83. The molecule has 1 aromatic carbocycles. The third-order valence-electron chi connectivity index (χ3n) is 5.59. The van der Waals surface area contributed by atoms with E-state index in [4.69, 9.17) is 4.42 Å². The van der Waals surface area contributed by atoms with Gasteiger partial charge in [0.15, 0.2) is 0 Å². The first kappa shape index (κ1) is 20.1. The average Bonchev–Trinajstić information content (AvgIpc) is 3.25. The number of amides is 2. The van der Waals surface area contributed by atoms with Crippen LogP contribution in [0.4, 0.5) is 0 Å². The van der Waals surface area contributed by atoms with Crippen LogP contribution in [0.1, 0.15) is 37.1 Å². The number of carbonyl (C=O) groups is 2. The largest absolute Gasteiger partial charge is 0.467 e. The van der Waals surface area contributed by atoms with Crippen LogP contribution in [0.3, 0.4) is 0 Å². The van der Waals surface area contributed by atoms with E-state index in [1.54, 1.807) is 11.2 Å². The van der Waals surface area contributed by atoms with Crippen LogP contribution in [-0.4, -0.2) is 48.3 Å². The maximum absolute atomic E-state index is 12.7. The van der Waals surface area contributed by atoms with Crippen LogP contribution in [0.25, 0.3) is 0 Å². The molecule has 2 heterocycles. The first-order valence-electron chi connectivity index (χ1n) is 9.87. The van der Waals surface area contributed by atoms with Gasteiger partial charge >= 0.3 is 0 Å². The molecule has 1 aliphatic heterocycles. The smallest absolute Gasteiger partial charge is 0.236 e. The second-order valence-corrected chi connectivity index (χ2v) is 7.44. The Morgan fingerprint density at radius 1 is 1.18 bits per heavy atom. The summed E-state index contributed by atoms with van der Waals surface area (Å²) in [4.78, 5) is 28.9. The van der Waals surface area contributed by atoms with Crippen molar-refractivity contribution in [1.82, 2.24) is 15.1 Å². The standard InChI is InChI=1S/C22H29N3O3/c1-17(18-7-4-3-5-8-18)24(2)21(26)16-25-12-10-19(11-13-25)22(27)23-15-20-9-6-14-28-20/h3-9,14,17,19H,10-13,15-16H2,1-2H3,(H,23,27). The molecular weight excluding hydrogens is 354 g/mol. The maximum Gasteiger partial charge on any atom is 0.236 e. The van der Waals surface area contributed by atoms with E-state index < -0.39 is 0 Å². The lowest BCUT2D eigenvalue weighted by atomic mass is 9.96. The number of hydrogen-bond acceptors (Lipinski definition) is 4. The Bertz CT molecular complexity index is 753. The van der Waals surface area contributed by atoms with Crippen molar-refractivity contribution in [3.8, 4) is 0 Å². The molecule has 0 spiro atoms. The number of likely N-dealkylation sites (N-methyl/N-ethyl adjacent to an activating group) is 1. The van der Waals surface area contributed by atoms with E-state index in [9.17, 15) is 9.59 Å². The summed E-state index contributed by atoms with van der Waals surface area (Å²) in [6.07, 6.45) is 3.15. The molecule has 0 aliphatic carbocycles. The summed E-state index contributed by atoms with van der Waals surface area (Å²) in [5, 5.41) is 2.94. The molecule has 0 radical (unpaired) electrons. The number of nitrogens with zero attached hydrogens (tertiary/aromatic N) is 2. The van der Waals surface area contributed by atoms with Crippen LogP contribution >= 0.6 is 0 Å². The fourth-order valence-electron chi connectivity index (χ4n) is 3.56. The molecule has 2 aromatic rings. The van der Waals surface area contributed by atoms with Gasteiger partial charge in [-0.3, -0.25) is 14.5 Å². The fraction of sp³-hybridized carbons (Fsp3) is 0.455. The van der Waals surface area contributed by atoms with Crippen molar-refractivity contribution in [2.75, 3.05) is 26.7 Å². The summed E-state index contributed by atoms with van der Waals surface area (Å²) in [5.41, 5.74) is 1.13. The van der Waals surface area contributed by atoms with Crippen molar-refractivity contribution in [2.24, 2.45) is 5.92 Å². The highest BCUT2D eigenvalue weighted by Crippen LogP contribution is 2.20. The second-order valence-electron chi connectivity index (χ2n) is 7.44. The Morgan fingerprint density at radius 2 is 1.89 bits per heavy atom. The number of piperidine rings is 1. The third kappa shape index (κ3) is 5.23. The molecule has 1 N–H and O–H groups in total. The van der Waals surface area contributed by atoms with Gasteiger partial charge in [0.2, 0.25) is 11.8 Å². The minimum atomic E-state index is 0.00212. The quantitative estimate of drug-likeness (QED) is 0.798. The molecule has 1 unspecified atom stereocenters. The van der Waals surface area contributed by atoms with E-state index in [-0.39, 0.29) is 23.8 Å². The summed E-state index contributed by atoms with van der Waals surface area (Å²) >= 11 is 0. The molecule has 1 saturated heterocycles. The predicted molar refractivity (Wildman–Crippen MR) is 107 cm³/mol. The number of benzene rings is 1. The molecule has 0 bridgehead atoms. The first-order chi connectivity index (χ1) is 13.5. The molecule has 1 atom stereocenters. The van der Waals surface area contributed by atoms with Crippen molar-refractivity contribution in [3.05, 3.63) is 60.1 Å². The van der Waals surface area contributed by atoms with Crippen molar-refractivity contribution >= 4 is 11.8 Å². The number of nitrogens with one attached hydrogen (secondary N) is 1. The Labute approximate surface area is 166 Å². The zero-order valence-electron chi connectivity index (χ0n) is 16.6. The monoisotopic (exact) mass is 383 g/mol. The minimum Gasteiger partial charge on any atom is -0.467 e. The van der Waals surface area contributed by atoms with Gasteiger partial charge in [-0.15, -0.1) is 0 Å². The molecule has 3 rings (SSSR count). The van der Waals surface area contributed by atoms with E-state index >= 15 is 0 Å². The molecule has 1 fully saturated rings. The van der Waals surface area contributed by atoms with Gasteiger partial charge in [0.1, 0.15) is 5.76 Å². The van der Waals surface area contributed by atoms with Gasteiger partial charge in [-0.1, -0.05) is 30.3 Å². The number of carbonyl (C=O) groups excluding carboxylic acids is 2. The van der Waals surface area contributed by atoms with Crippen molar-refractivity contribution in [3.63, 3.8) is 0 Å². The highest BCUT2D eigenvalue weighted by molar-refractivity contribution is 5.79. The summed E-state index contributed by atoms with van der Waals surface area (Å²) in [6.45, 7) is 4.39. The third-order valence-corrected chi connectivity index (χ3v) is 5.59. The number of likely N-dealkylation sites (tertiary alicyclic amines) is 1. The van der Waals surface area contributed by atoms with Crippen LogP contribution in [0.15, 0.2) is 53.1 Å². The number of rotatable bonds is 7. The van der Waals surface area contributed by atoms with E-state index in [0.29, 0.717) is 13.1 Å². The van der Waals surface area contributed by atoms with E-state index in [0.717, 1.165) is 37.3 Å². The van der Waals surface area contributed by atoms with Crippen molar-refractivity contribution < 1.29 is 14.0 Å². The van der Waals surface area contributed by atoms with Crippen LogP contribution in [0, 0.1) is 5.92 Å². The normalized spacial score (nSPS) is 16.5. The molecule has 6 heteroatoms. The lowest BCUT2D eigenvalue weighted by molar-refractivity contribution is -0.133. The minimum absolute atomic E-state index is 0.00212. The molecule has 6 nitrogen and oxygen atoms in total. The summed E-state index contributed by atoms with van der Waals surface area (Å²) < 4.78 is 5.24. The lowest BCUT2D eigenvalue weighted by Gasteiger charge is -2.33. The lowest BCUT2D eigenvalue weighted by Crippen LogP contribution is -2.45. The van der Waals surface area contributed by atoms with Crippen LogP contribution in [-0.2, 0) is 16.1 Å². The second kappa shape index (κ2) is 9.55. The van der Waals surface area contributed by atoms with Crippen molar-refractivity contribution in [1.29, 1.82) is 0 Å². The van der Waals surface area contributed by atoms with Gasteiger partial charge in [0.05, 0.1) is 25.4 Å². The van der Waals surface area contributed by atoms with Gasteiger partial charge < -0.3 is 14.6 Å². The summed E-state index contributed by atoms with van der Waals surface area (Å²) in [6, 6.07) is 13.8. The Balaban J connectivity index is 1.42. The van der Waals surface area contributed by atoms with Crippen LogP contribution in [0.2, 0.25) is 0 Å². The molecule has 150 valence electrons. The Hall–Kier alpha value is -2.60. The molecule has 1 aliphatic rings. The zero-order chi connectivity index (χ0) is 19.9. The Morgan fingerprint density at radius 3 is 2.54 bits per heavy atom. The van der Waals surface area contributed by atoms with Gasteiger partial charge in [0, 0.05) is 13.0 Å². The van der Waals surface area contributed by atoms with Crippen molar-refractivity contribution in [2.45, 2.75) is 32.4 Å². The maximum atomic E-state index is 12.7. The summed E-state index contributed by atoms with van der Waals surface area (Å²) in [7, 11) is 1.86. The van der Waals surface area contributed by atoms with E-state index in [1.807, 2.05) is 56.4 Å². The highest BCUT2D eigenvalue weighted by atomic mass is 16.3. The van der Waals surface area contributed by atoms with Gasteiger partial charge in [-0.05, 0) is 50.6 Å². The van der Waals surface area contributed by atoms with Gasteiger partial charge in [-0.2, -0.15) is 0 Å². The van der Waals surface area contributed by atoms with Gasteiger partial charge in [-0.25, -0.2) is 0 Å². The first-order valence-corrected chi connectivity index (χ1v) is 9.87. The average molecular weight is 383 g/mol. The Kier molecular flexibility index (Phi) is 6.87. The zero-order valence-corrected chi connectivity index (χ0v) is 16.6. The fourth-order valence-corrected chi connectivity index (χ4v) is 3.56. The van der Waals surface area contributed by atoms with Crippen LogP contribution in [0.5, 0.6) is 0 Å². The highest BCUT2D eigenvalue weighted by Gasteiger charge is 2.27. The summed E-state index contributed by atoms with van der Waals surface area (Å²) in [5.74, 6) is 0.934. The SMILES string of the molecule is CC(c1ccccc1)N(C)C(=O)CN1CCC(C(=O)NCc2ccco2)CC1. The van der Waals surface area contributed by atoms with E-state index in [2.05, 4.69) is 10.2 Å². The molecule has 28 heavy (non-hydrogen) atoms.